The summed E-state index contributed by atoms with van der Waals surface area (Å²) in [5, 5.41) is 0. The van der Waals surface area contributed by atoms with E-state index in [2.05, 4.69) is 41.5 Å². The van der Waals surface area contributed by atoms with Gasteiger partial charge in [0.05, 0.1) is 12.5 Å². The number of unbranched alkanes of at least 4 members (excludes halogenated alkanes) is 4. The molecule has 1 aliphatic rings. The van der Waals surface area contributed by atoms with Crippen molar-refractivity contribution in [3.05, 3.63) is 0 Å². The van der Waals surface area contributed by atoms with Crippen molar-refractivity contribution < 1.29 is 33.2 Å². The number of hydrogen-bond donors (Lipinski definition) is 0. The number of esters is 1. The van der Waals surface area contributed by atoms with Crippen molar-refractivity contribution in [2.75, 3.05) is 33.0 Å². The van der Waals surface area contributed by atoms with E-state index in [9.17, 15) is 4.79 Å². The maximum Gasteiger partial charge on any atom is 0.311 e. The SMILES string of the molecule is CCCCOC[C@H]1O[C@@H](OC(=O)C(CCC)CCC)[C@H](OCCCC)[C@@H](OCCCC)[C@@H]1OCCCC. The Labute approximate surface area is 227 Å². The monoisotopic (exact) mass is 530 g/mol. The van der Waals surface area contributed by atoms with Gasteiger partial charge in [-0.1, -0.05) is 80.1 Å². The van der Waals surface area contributed by atoms with Crippen LogP contribution in [0.15, 0.2) is 0 Å². The van der Waals surface area contributed by atoms with Crippen molar-refractivity contribution in [2.24, 2.45) is 5.92 Å². The minimum Gasteiger partial charge on any atom is -0.432 e. The van der Waals surface area contributed by atoms with Gasteiger partial charge in [-0.3, -0.25) is 4.79 Å². The molecule has 0 aromatic heterocycles. The van der Waals surface area contributed by atoms with Gasteiger partial charge in [-0.25, -0.2) is 0 Å². The molecule has 0 bridgehead atoms. The minimum absolute atomic E-state index is 0.132. The molecular weight excluding hydrogens is 472 g/mol. The largest absolute Gasteiger partial charge is 0.432 e. The topological polar surface area (TPSA) is 72.5 Å². The molecule has 1 fully saturated rings. The molecule has 7 nitrogen and oxygen atoms in total. The lowest BCUT2D eigenvalue weighted by Crippen LogP contribution is -2.62. The fourth-order valence-electron chi connectivity index (χ4n) is 4.50. The number of hydrogen-bond acceptors (Lipinski definition) is 7. The summed E-state index contributed by atoms with van der Waals surface area (Å²) in [6, 6.07) is 0. The zero-order chi connectivity index (χ0) is 27.3. The van der Waals surface area contributed by atoms with Crippen molar-refractivity contribution >= 4 is 5.97 Å². The molecule has 0 amide bonds. The van der Waals surface area contributed by atoms with Gasteiger partial charge in [0.2, 0.25) is 6.29 Å². The number of rotatable bonds is 23. The Morgan fingerprint density at radius 1 is 0.649 bits per heavy atom. The molecule has 5 atom stereocenters. The maximum absolute atomic E-state index is 13.3. The van der Waals surface area contributed by atoms with Gasteiger partial charge in [-0.2, -0.15) is 0 Å². The van der Waals surface area contributed by atoms with E-state index in [1.807, 2.05) is 0 Å². The molecule has 7 heteroatoms. The number of carbonyl (C=O) groups is 1. The van der Waals surface area contributed by atoms with Crippen LogP contribution in [0.2, 0.25) is 0 Å². The summed E-state index contributed by atoms with van der Waals surface area (Å²) in [5.74, 6) is -0.340. The van der Waals surface area contributed by atoms with Gasteiger partial charge < -0.3 is 28.4 Å². The molecule has 1 aliphatic heterocycles. The Kier molecular flexibility index (Phi) is 20.5. The quantitative estimate of drug-likeness (QED) is 0.106. The zero-order valence-electron chi connectivity index (χ0n) is 24.8. The highest BCUT2D eigenvalue weighted by Gasteiger charge is 2.50. The summed E-state index contributed by atoms with van der Waals surface area (Å²) in [4.78, 5) is 13.3. The van der Waals surface area contributed by atoms with E-state index in [1.165, 1.54) is 0 Å². The van der Waals surface area contributed by atoms with Crippen molar-refractivity contribution in [2.45, 2.75) is 149 Å². The summed E-state index contributed by atoms with van der Waals surface area (Å²) < 4.78 is 37.8. The first-order valence-corrected chi connectivity index (χ1v) is 15.4. The minimum atomic E-state index is -0.849. The van der Waals surface area contributed by atoms with Crippen LogP contribution in [0.3, 0.4) is 0 Å². The standard InChI is InChI=1S/C30H58O7/c1-7-13-19-32-23-25-26(33-20-14-8-2)27(34-21-15-9-3)28(35-22-16-10-4)30(36-25)37-29(31)24(17-11-5)18-12-6/h24-28,30H,7-23H2,1-6H3/t25-,26-,27+,28-,30+/m1/s1. The molecule has 1 saturated heterocycles. The first kappa shape index (κ1) is 34.3. The highest BCUT2D eigenvalue weighted by Crippen LogP contribution is 2.31. The molecule has 0 saturated carbocycles. The molecule has 0 unspecified atom stereocenters. The van der Waals surface area contributed by atoms with Crippen molar-refractivity contribution in [3.8, 4) is 0 Å². The van der Waals surface area contributed by atoms with Crippen LogP contribution in [0.1, 0.15) is 119 Å². The predicted octanol–water partition coefficient (Wildman–Crippen LogP) is 6.84. The summed E-state index contributed by atoms with van der Waals surface area (Å²) >= 11 is 0. The number of carbonyl (C=O) groups excluding carboxylic acids is 1. The van der Waals surface area contributed by atoms with Crippen LogP contribution >= 0.6 is 0 Å². The number of ether oxygens (including phenoxy) is 6. The van der Waals surface area contributed by atoms with E-state index in [1.54, 1.807) is 0 Å². The smallest absolute Gasteiger partial charge is 0.311 e. The molecule has 0 aromatic carbocycles. The van der Waals surface area contributed by atoms with E-state index >= 15 is 0 Å². The van der Waals surface area contributed by atoms with E-state index < -0.39 is 24.6 Å². The Morgan fingerprint density at radius 3 is 1.65 bits per heavy atom. The van der Waals surface area contributed by atoms with Gasteiger partial charge in [-0.15, -0.1) is 0 Å². The Morgan fingerprint density at radius 2 is 1.14 bits per heavy atom. The van der Waals surface area contributed by atoms with Gasteiger partial charge in [-0.05, 0) is 38.5 Å². The highest BCUT2D eigenvalue weighted by atomic mass is 16.7. The lowest BCUT2D eigenvalue weighted by atomic mass is 9.97. The van der Waals surface area contributed by atoms with Crippen molar-refractivity contribution in [1.29, 1.82) is 0 Å². The van der Waals surface area contributed by atoms with E-state index in [-0.39, 0.29) is 18.0 Å². The normalized spacial score (nSPS) is 24.0. The van der Waals surface area contributed by atoms with Gasteiger partial charge >= 0.3 is 5.97 Å². The van der Waals surface area contributed by atoms with Crippen molar-refractivity contribution in [3.63, 3.8) is 0 Å². The summed E-state index contributed by atoms with van der Waals surface area (Å²) in [6.45, 7) is 15.6. The molecule has 0 N–H and O–H groups in total. The zero-order valence-corrected chi connectivity index (χ0v) is 24.8. The predicted molar refractivity (Wildman–Crippen MR) is 148 cm³/mol. The summed E-state index contributed by atoms with van der Waals surface area (Å²) in [6.07, 6.45) is 8.89. The summed E-state index contributed by atoms with van der Waals surface area (Å²) in [7, 11) is 0. The lowest BCUT2D eigenvalue weighted by Gasteiger charge is -2.45. The van der Waals surface area contributed by atoms with Crippen LogP contribution in [0, 0.1) is 5.92 Å². The first-order valence-electron chi connectivity index (χ1n) is 15.4. The van der Waals surface area contributed by atoms with Gasteiger partial charge in [0, 0.05) is 26.4 Å². The van der Waals surface area contributed by atoms with Crippen LogP contribution in [0.4, 0.5) is 0 Å². The third-order valence-corrected chi connectivity index (χ3v) is 6.78. The second-order valence-electron chi connectivity index (χ2n) is 10.2. The molecule has 220 valence electrons. The fraction of sp³-hybridized carbons (Fsp3) is 0.967. The molecule has 37 heavy (non-hydrogen) atoms. The lowest BCUT2D eigenvalue weighted by molar-refractivity contribution is -0.316. The van der Waals surface area contributed by atoms with Gasteiger partial charge in [0.25, 0.3) is 0 Å². The molecule has 0 aliphatic carbocycles. The van der Waals surface area contributed by atoms with E-state index in [0.29, 0.717) is 33.0 Å². The third kappa shape index (κ3) is 13.3. The fourth-order valence-corrected chi connectivity index (χ4v) is 4.50. The molecular formula is C30H58O7. The Hall–Kier alpha value is -0.730. The second kappa shape index (κ2) is 22.1. The molecule has 0 spiro atoms. The average Bonchev–Trinajstić information content (AvgIpc) is 2.89. The first-order chi connectivity index (χ1) is 18.1. The van der Waals surface area contributed by atoms with Crippen LogP contribution < -0.4 is 0 Å². The summed E-state index contributed by atoms with van der Waals surface area (Å²) in [5.41, 5.74) is 0. The highest BCUT2D eigenvalue weighted by molar-refractivity contribution is 5.72. The van der Waals surface area contributed by atoms with Gasteiger partial charge in [0.15, 0.2) is 0 Å². The molecule has 1 rings (SSSR count). The average molecular weight is 531 g/mol. The van der Waals surface area contributed by atoms with E-state index in [0.717, 1.165) is 77.0 Å². The van der Waals surface area contributed by atoms with Crippen LogP contribution in [0.25, 0.3) is 0 Å². The maximum atomic E-state index is 13.3. The Balaban J connectivity index is 3.23. The third-order valence-electron chi connectivity index (χ3n) is 6.78. The van der Waals surface area contributed by atoms with E-state index in [4.69, 9.17) is 28.4 Å². The van der Waals surface area contributed by atoms with Crippen LogP contribution in [-0.4, -0.2) is 69.7 Å². The Bertz CT molecular complexity index is 538. The van der Waals surface area contributed by atoms with Crippen LogP contribution in [-0.2, 0) is 33.2 Å². The second-order valence-corrected chi connectivity index (χ2v) is 10.2. The molecule has 0 aromatic rings. The van der Waals surface area contributed by atoms with Crippen molar-refractivity contribution in [1.82, 2.24) is 0 Å². The van der Waals surface area contributed by atoms with Gasteiger partial charge in [0.1, 0.15) is 24.4 Å². The van der Waals surface area contributed by atoms with Crippen LogP contribution in [0.5, 0.6) is 0 Å². The molecule has 1 heterocycles. The molecule has 0 radical (unpaired) electrons.